The molecule has 2 atom stereocenters. The minimum Gasteiger partial charge on any atom is -0.392 e. The Bertz CT molecular complexity index is 477. The van der Waals surface area contributed by atoms with Gasteiger partial charge in [0, 0.05) is 19.3 Å². The van der Waals surface area contributed by atoms with Gasteiger partial charge in [0.05, 0.1) is 6.10 Å². The molecular weight excluding hydrogens is 252 g/mol. The summed E-state index contributed by atoms with van der Waals surface area (Å²) in [6.07, 6.45) is 2.36. The van der Waals surface area contributed by atoms with Crippen LogP contribution in [-0.4, -0.2) is 42.0 Å². The van der Waals surface area contributed by atoms with Gasteiger partial charge < -0.3 is 5.11 Å². The highest BCUT2D eigenvalue weighted by molar-refractivity contribution is 7.89. The van der Waals surface area contributed by atoms with Crippen molar-refractivity contribution in [3.8, 4) is 0 Å². The molecule has 0 spiro atoms. The topological polar surface area (TPSA) is 70.5 Å². The highest BCUT2D eigenvalue weighted by atomic mass is 32.2. The van der Waals surface area contributed by atoms with Crippen molar-refractivity contribution in [3.05, 3.63) is 24.4 Å². The minimum atomic E-state index is -3.59. The van der Waals surface area contributed by atoms with Crippen LogP contribution >= 0.6 is 0 Å². The van der Waals surface area contributed by atoms with Crippen molar-refractivity contribution in [2.75, 3.05) is 13.1 Å². The van der Waals surface area contributed by atoms with Crippen LogP contribution < -0.4 is 0 Å². The van der Waals surface area contributed by atoms with Crippen molar-refractivity contribution in [1.29, 1.82) is 0 Å². The zero-order valence-electron chi connectivity index (χ0n) is 10.4. The van der Waals surface area contributed by atoms with Gasteiger partial charge in [0.15, 0.2) is 5.03 Å². The van der Waals surface area contributed by atoms with Gasteiger partial charge in [-0.2, -0.15) is 4.31 Å². The molecule has 1 aromatic heterocycles. The molecule has 1 aromatic rings. The van der Waals surface area contributed by atoms with E-state index in [4.69, 9.17) is 0 Å². The van der Waals surface area contributed by atoms with Gasteiger partial charge in [-0.15, -0.1) is 0 Å². The first kappa shape index (κ1) is 13.5. The molecule has 2 heterocycles. The standard InChI is InChI=1S/C12H18N2O3S/c1-10-5-6-11(15)9-14(8-10)18(16,17)12-4-2-3-7-13-12/h2-4,7,10-11,15H,5-6,8-9H2,1H3. The van der Waals surface area contributed by atoms with E-state index in [-0.39, 0.29) is 17.5 Å². The number of hydrogen-bond donors (Lipinski definition) is 1. The van der Waals surface area contributed by atoms with Crippen LogP contribution in [0.25, 0.3) is 0 Å². The normalized spacial score (nSPS) is 26.8. The Balaban J connectivity index is 2.29. The molecule has 0 aromatic carbocycles. The molecule has 1 aliphatic rings. The molecule has 5 nitrogen and oxygen atoms in total. The Hall–Kier alpha value is -0.980. The average Bonchev–Trinajstić information content (AvgIpc) is 2.53. The lowest BCUT2D eigenvalue weighted by Gasteiger charge is -2.22. The Kier molecular flexibility index (Phi) is 3.99. The molecule has 100 valence electrons. The van der Waals surface area contributed by atoms with Crippen LogP contribution in [0, 0.1) is 5.92 Å². The zero-order chi connectivity index (χ0) is 13.2. The van der Waals surface area contributed by atoms with E-state index in [1.165, 1.54) is 16.6 Å². The minimum absolute atomic E-state index is 0.0475. The van der Waals surface area contributed by atoms with E-state index in [0.717, 1.165) is 6.42 Å². The van der Waals surface area contributed by atoms with Gasteiger partial charge in [-0.25, -0.2) is 13.4 Å². The highest BCUT2D eigenvalue weighted by Crippen LogP contribution is 2.21. The van der Waals surface area contributed by atoms with Crippen LogP contribution in [-0.2, 0) is 10.0 Å². The number of nitrogens with zero attached hydrogens (tertiary/aromatic N) is 2. The van der Waals surface area contributed by atoms with E-state index in [1.54, 1.807) is 12.1 Å². The first-order valence-corrected chi connectivity index (χ1v) is 7.53. The molecule has 6 heteroatoms. The quantitative estimate of drug-likeness (QED) is 0.865. The van der Waals surface area contributed by atoms with E-state index < -0.39 is 16.1 Å². The number of sulfonamides is 1. The summed E-state index contributed by atoms with van der Waals surface area (Å²) in [4.78, 5) is 3.90. The number of aliphatic hydroxyl groups is 1. The first-order valence-electron chi connectivity index (χ1n) is 6.09. The smallest absolute Gasteiger partial charge is 0.260 e. The third-order valence-electron chi connectivity index (χ3n) is 3.16. The Morgan fingerprint density at radius 3 is 2.78 bits per heavy atom. The molecule has 0 radical (unpaired) electrons. The number of aromatic nitrogens is 1. The summed E-state index contributed by atoms with van der Waals surface area (Å²) in [6, 6.07) is 4.81. The number of rotatable bonds is 2. The molecule has 1 N–H and O–H groups in total. The lowest BCUT2D eigenvalue weighted by atomic mass is 10.1. The van der Waals surface area contributed by atoms with Gasteiger partial charge in [0.2, 0.25) is 0 Å². The predicted octanol–water partition coefficient (Wildman–Crippen LogP) is 0.863. The van der Waals surface area contributed by atoms with Gasteiger partial charge in [-0.3, -0.25) is 0 Å². The summed E-state index contributed by atoms with van der Waals surface area (Å²) in [5.41, 5.74) is 0. The molecule has 18 heavy (non-hydrogen) atoms. The van der Waals surface area contributed by atoms with E-state index in [1.807, 2.05) is 6.92 Å². The van der Waals surface area contributed by atoms with Gasteiger partial charge in [0.1, 0.15) is 0 Å². The van der Waals surface area contributed by atoms with Crippen molar-refractivity contribution in [3.63, 3.8) is 0 Å². The number of hydrogen-bond acceptors (Lipinski definition) is 4. The Labute approximate surface area is 108 Å². The average molecular weight is 270 g/mol. The third-order valence-corrected chi connectivity index (χ3v) is 4.91. The first-order chi connectivity index (χ1) is 8.50. The van der Waals surface area contributed by atoms with Crippen LogP contribution in [0.2, 0.25) is 0 Å². The maximum atomic E-state index is 12.4. The largest absolute Gasteiger partial charge is 0.392 e. The van der Waals surface area contributed by atoms with Gasteiger partial charge in [-0.05, 0) is 30.9 Å². The van der Waals surface area contributed by atoms with E-state index >= 15 is 0 Å². The zero-order valence-corrected chi connectivity index (χ0v) is 11.2. The highest BCUT2D eigenvalue weighted by Gasteiger charge is 2.31. The second-order valence-electron chi connectivity index (χ2n) is 4.83. The monoisotopic (exact) mass is 270 g/mol. The lowest BCUT2D eigenvalue weighted by Crippen LogP contribution is -2.38. The van der Waals surface area contributed by atoms with Crippen LogP contribution in [0.3, 0.4) is 0 Å². The van der Waals surface area contributed by atoms with Gasteiger partial charge >= 0.3 is 0 Å². The van der Waals surface area contributed by atoms with Crippen molar-refractivity contribution < 1.29 is 13.5 Å². The summed E-state index contributed by atoms with van der Waals surface area (Å²) in [7, 11) is -3.59. The molecule has 1 saturated heterocycles. The van der Waals surface area contributed by atoms with Gasteiger partial charge in [0.25, 0.3) is 10.0 Å². The van der Waals surface area contributed by atoms with Crippen molar-refractivity contribution in [2.45, 2.75) is 30.9 Å². The maximum absolute atomic E-state index is 12.4. The Morgan fingerprint density at radius 1 is 1.33 bits per heavy atom. The second-order valence-corrected chi connectivity index (χ2v) is 6.71. The molecule has 0 bridgehead atoms. The molecule has 2 unspecified atom stereocenters. The predicted molar refractivity (Wildman–Crippen MR) is 67.4 cm³/mol. The number of β-amino-alcohol motifs (C(OH)–C–C–N with tert-alkyl or cyclic N) is 1. The van der Waals surface area contributed by atoms with Crippen LogP contribution in [0.1, 0.15) is 19.8 Å². The molecule has 1 fully saturated rings. The summed E-state index contributed by atoms with van der Waals surface area (Å²) in [5, 5.41) is 9.81. The molecule has 0 amide bonds. The summed E-state index contributed by atoms with van der Waals surface area (Å²) in [6.45, 7) is 2.60. The molecule has 2 rings (SSSR count). The molecule has 0 aliphatic carbocycles. The van der Waals surface area contributed by atoms with Crippen molar-refractivity contribution >= 4 is 10.0 Å². The number of aliphatic hydroxyl groups excluding tert-OH is 1. The Morgan fingerprint density at radius 2 is 2.11 bits per heavy atom. The third kappa shape index (κ3) is 2.88. The van der Waals surface area contributed by atoms with E-state index in [9.17, 15) is 13.5 Å². The molecular formula is C12H18N2O3S. The van der Waals surface area contributed by atoms with Crippen molar-refractivity contribution in [1.82, 2.24) is 9.29 Å². The second kappa shape index (κ2) is 5.34. The fraction of sp³-hybridized carbons (Fsp3) is 0.583. The van der Waals surface area contributed by atoms with E-state index in [0.29, 0.717) is 13.0 Å². The molecule has 0 saturated carbocycles. The van der Waals surface area contributed by atoms with Crippen molar-refractivity contribution in [2.24, 2.45) is 5.92 Å². The van der Waals surface area contributed by atoms with Crippen LogP contribution in [0.5, 0.6) is 0 Å². The summed E-state index contributed by atoms with van der Waals surface area (Å²) < 4.78 is 26.1. The SMILES string of the molecule is CC1CCC(O)CN(S(=O)(=O)c2ccccn2)C1. The van der Waals surface area contributed by atoms with Crippen LogP contribution in [0.15, 0.2) is 29.4 Å². The fourth-order valence-electron chi connectivity index (χ4n) is 2.14. The lowest BCUT2D eigenvalue weighted by molar-refractivity contribution is 0.148. The van der Waals surface area contributed by atoms with Crippen LogP contribution in [0.4, 0.5) is 0 Å². The van der Waals surface area contributed by atoms with E-state index in [2.05, 4.69) is 4.98 Å². The number of pyridine rings is 1. The van der Waals surface area contributed by atoms with Gasteiger partial charge in [-0.1, -0.05) is 13.0 Å². The maximum Gasteiger partial charge on any atom is 0.260 e. The summed E-state index contributed by atoms with van der Waals surface area (Å²) >= 11 is 0. The molecule has 1 aliphatic heterocycles. The fourth-order valence-corrected chi connectivity index (χ4v) is 3.67. The summed E-state index contributed by atoms with van der Waals surface area (Å²) in [5.74, 6) is 0.251.